The van der Waals surface area contributed by atoms with Crippen LogP contribution in [0.5, 0.6) is 0 Å². The third-order valence-electron chi connectivity index (χ3n) is 2.46. The van der Waals surface area contributed by atoms with E-state index in [1.807, 2.05) is 0 Å². The van der Waals surface area contributed by atoms with Crippen LogP contribution in [0.25, 0.3) is 0 Å². The fraction of sp³-hybridized carbons (Fsp3) is 0.333. The van der Waals surface area contributed by atoms with Gasteiger partial charge in [-0.15, -0.1) is 0 Å². The first-order valence-electron chi connectivity index (χ1n) is 4.04. The summed E-state index contributed by atoms with van der Waals surface area (Å²) in [5, 5.41) is 17.7. The van der Waals surface area contributed by atoms with Gasteiger partial charge in [-0.3, -0.25) is 0 Å². The summed E-state index contributed by atoms with van der Waals surface area (Å²) >= 11 is 0. The molecule has 0 aromatic rings. The highest BCUT2D eigenvalue weighted by Crippen LogP contribution is 2.42. The van der Waals surface area contributed by atoms with Crippen LogP contribution in [0.2, 0.25) is 0 Å². The standard InChI is InChI=1S/C9H8O5/c1-9-3-2-4(14-9)5(7(10)11)6(9)8(12)13/h2-4H,1H3,(H,10,11)(H,12,13)/t4-,9-/m0/s1. The largest absolute Gasteiger partial charge is 0.478 e. The van der Waals surface area contributed by atoms with Crippen molar-refractivity contribution in [2.45, 2.75) is 18.6 Å². The van der Waals surface area contributed by atoms with Crippen LogP contribution in [-0.2, 0) is 14.3 Å². The Kier molecular flexibility index (Phi) is 1.57. The molecule has 0 aromatic carbocycles. The van der Waals surface area contributed by atoms with E-state index in [1.165, 1.54) is 0 Å². The van der Waals surface area contributed by atoms with Gasteiger partial charge in [0.25, 0.3) is 0 Å². The van der Waals surface area contributed by atoms with Crippen LogP contribution in [0.15, 0.2) is 23.3 Å². The first-order chi connectivity index (χ1) is 6.46. The zero-order valence-corrected chi connectivity index (χ0v) is 7.35. The molecule has 2 N–H and O–H groups in total. The van der Waals surface area contributed by atoms with E-state index in [9.17, 15) is 9.59 Å². The normalized spacial score (nSPS) is 33.9. The van der Waals surface area contributed by atoms with Gasteiger partial charge < -0.3 is 14.9 Å². The van der Waals surface area contributed by atoms with Crippen molar-refractivity contribution < 1.29 is 24.5 Å². The molecule has 5 nitrogen and oxygen atoms in total. The molecule has 2 atom stereocenters. The summed E-state index contributed by atoms with van der Waals surface area (Å²) in [6.07, 6.45) is 2.42. The highest BCUT2D eigenvalue weighted by Gasteiger charge is 2.50. The molecule has 0 saturated carbocycles. The lowest BCUT2D eigenvalue weighted by molar-refractivity contribution is -0.136. The van der Waals surface area contributed by atoms with Gasteiger partial charge in [-0.05, 0) is 13.0 Å². The molecule has 2 aliphatic heterocycles. The minimum absolute atomic E-state index is 0.164. The first kappa shape index (κ1) is 8.96. The highest BCUT2D eigenvalue weighted by atomic mass is 16.5. The number of rotatable bonds is 2. The van der Waals surface area contributed by atoms with Crippen LogP contribution in [0, 0.1) is 0 Å². The van der Waals surface area contributed by atoms with Gasteiger partial charge in [-0.2, -0.15) is 0 Å². The molecule has 0 aromatic heterocycles. The summed E-state index contributed by atoms with van der Waals surface area (Å²) in [6, 6.07) is 0. The maximum Gasteiger partial charge on any atom is 0.335 e. The lowest BCUT2D eigenvalue weighted by Gasteiger charge is -2.17. The third kappa shape index (κ3) is 0.927. The predicted molar refractivity (Wildman–Crippen MR) is 44.7 cm³/mol. The van der Waals surface area contributed by atoms with Gasteiger partial charge in [0.1, 0.15) is 11.7 Å². The minimum atomic E-state index is -1.24. The molecular formula is C9H8O5. The Morgan fingerprint density at radius 3 is 2.50 bits per heavy atom. The molecule has 2 heterocycles. The summed E-state index contributed by atoms with van der Waals surface area (Å²) in [5.74, 6) is -2.47. The number of ether oxygens (including phenoxy) is 1. The van der Waals surface area contributed by atoms with Crippen molar-refractivity contribution in [3.8, 4) is 0 Å². The second-order valence-electron chi connectivity index (χ2n) is 3.40. The second-order valence-corrected chi connectivity index (χ2v) is 3.40. The molecule has 74 valence electrons. The number of carboxylic acid groups (broad SMARTS) is 2. The van der Waals surface area contributed by atoms with Gasteiger partial charge in [0.05, 0.1) is 11.1 Å². The summed E-state index contributed by atoms with van der Waals surface area (Å²) < 4.78 is 5.26. The fourth-order valence-electron chi connectivity index (χ4n) is 1.88. The molecule has 0 spiro atoms. The van der Waals surface area contributed by atoms with Crippen molar-refractivity contribution in [3.63, 3.8) is 0 Å². The van der Waals surface area contributed by atoms with Crippen LogP contribution in [0.4, 0.5) is 0 Å². The Hall–Kier alpha value is -1.62. The Morgan fingerprint density at radius 1 is 1.43 bits per heavy atom. The smallest absolute Gasteiger partial charge is 0.335 e. The van der Waals surface area contributed by atoms with E-state index in [0.29, 0.717) is 0 Å². The number of carbonyl (C=O) groups is 2. The van der Waals surface area contributed by atoms with Crippen molar-refractivity contribution in [2.75, 3.05) is 0 Å². The molecule has 2 aliphatic rings. The SMILES string of the molecule is C[C@@]12C=C[C@H](O1)C(C(=O)O)=C2C(=O)O. The fourth-order valence-corrected chi connectivity index (χ4v) is 1.88. The second kappa shape index (κ2) is 2.45. The molecule has 14 heavy (non-hydrogen) atoms. The average Bonchev–Trinajstić information content (AvgIpc) is 2.55. The molecule has 0 fully saturated rings. The van der Waals surface area contributed by atoms with Crippen LogP contribution in [0.1, 0.15) is 6.92 Å². The van der Waals surface area contributed by atoms with Gasteiger partial charge in [0.15, 0.2) is 0 Å². The predicted octanol–water partition coefficient (Wildman–Crippen LogP) is 0.179. The molecule has 0 radical (unpaired) electrons. The Morgan fingerprint density at radius 2 is 2.07 bits per heavy atom. The maximum absolute atomic E-state index is 10.9. The van der Waals surface area contributed by atoms with Gasteiger partial charge in [0, 0.05) is 0 Å². The Bertz CT molecular complexity index is 392. The third-order valence-corrected chi connectivity index (χ3v) is 2.46. The van der Waals surface area contributed by atoms with Crippen molar-refractivity contribution in [1.29, 1.82) is 0 Å². The zero-order chi connectivity index (χ0) is 10.5. The summed E-state index contributed by atoms with van der Waals surface area (Å²) in [6.45, 7) is 1.54. The van der Waals surface area contributed by atoms with E-state index < -0.39 is 23.6 Å². The first-order valence-corrected chi connectivity index (χ1v) is 4.04. The number of hydrogen-bond donors (Lipinski definition) is 2. The number of carboxylic acids is 2. The van der Waals surface area contributed by atoms with Crippen LogP contribution in [0.3, 0.4) is 0 Å². The summed E-state index contributed by atoms with van der Waals surface area (Å²) in [7, 11) is 0. The summed E-state index contributed by atoms with van der Waals surface area (Å²) in [4.78, 5) is 21.7. The molecule has 0 saturated heterocycles. The maximum atomic E-state index is 10.9. The lowest BCUT2D eigenvalue weighted by atomic mass is 9.88. The monoisotopic (exact) mass is 196 g/mol. The van der Waals surface area contributed by atoms with Gasteiger partial charge in [-0.25, -0.2) is 9.59 Å². The summed E-state index contributed by atoms with van der Waals surface area (Å²) in [5.41, 5.74) is -1.41. The number of aliphatic carboxylic acids is 2. The molecular weight excluding hydrogens is 188 g/mol. The van der Waals surface area contributed by atoms with E-state index in [2.05, 4.69) is 0 Å². The number of hydrogen-bond acceptors (Lipinski definition) is 3. The van der Waals surface area contributed by atoms with E-state index in [-0.39, 0.29) is 11.1 Å². The topological polar surface area (TPSA) is 83.8 Å². The van der Waals surface area contributed by atoms with Gasteiger partial charge in [0.2, 0.25) is 0 Å². The van der Waals surface area contributed by atoms with Gasteiger partial charge >= 0.3 is 11.9 Å². The molecule has 2 rings (SSSR count). The number of fused-ring (bicyclic) bond motifs is 2. The molecule has 2 bridgehead atoms. The van der Waals surface area contributed by atoms with E-state index in [0.717, 1.165) is 0 Å². The van der Waals surface area contributed by atoms with Gasteiger partial charge in [-0.1, -0.05) is 6.08 Å². The van der Waals surface area contributed by atoms with E-state index in [1.54, 1.807) is 19.1 Å². The molecule has 5 heteroatoms. The van der Waals surface area contributed by atoms with Crippen molar-refractivity contribution in [1.82, 2.24) is 0 Å². The minimum Gasteiger partial charge on any atom is -0.478 e. The molecule has 0 amide bonds. The lowest BCUT2D eigenvalue weighted by Crippen LogP contribution is -2.27. The highest BCUT2D eigenvalue weighted by molar-refractivity contribution is 6.03. The quantitative estimate of drug-likeness (QED) is 0.615. The zero-order valence-electron chi connectivity index (χ0n) is 7.35. The van der Waals surface area contributed by atoms with Crippen LogP contribution >= 0.6 is 0 Å². The Balaban J connectivity index is 2.58. The average molecular weight is 196 g/mol. The van der Waals surface area contributed by atoms with Crippen LogP contribution in [-0.4, -0.2) is 33.9 Å². The molecule has 0 aliphatic carbocycles. The Labute approximate surface area is 79.3 Å². The van der Waals surface area contributed by atoms with Crippen molar-refractivity contribution in [2.24, 2.45) is 0 Å². The van der Waals surface area contributed by atoms with Crippen LogP contribution < -0.4 is 0 Å². The van der Waals surface area contributed by atoms with E-state index >= 15 is 0 Å². The van der Waals surface area contributed by atoms with Crippen molar-refractivity contribution >= 4 is 11.9 Å². The van der Waals surface area contributed by atoms with E-state index in [4.69, 9.17) is 14.9 Å². The van der Waals surface area contributed by atoms with Crippen molar-refractivity contribution in [3.05, 3.63) is 23.3 Å². The molecule has 0 unspecified atom stereocenters.